The summed E-state index contributed by atoms with van der Waals surface area (Å²) >= 11 is 0. The molecule has 0 bridgehead atoms. The van der Waals surface area contributed by atoms with Gasteiger partial charge in [0, 0.05) is 18.3 Å². The van der Waals surface area contributed by atoms with Gasteiger partial charge >= 0.3 is 6.18 Å². The molecule has 1 aliphatic rings. The summed E-state index contributed by atoms with van der Waals surface area (Å²) in [6, 6.07) is 1.71. The molecule has 3 atom stereocenters. The van der Waals surface area contributed by atoms with Gasteiger partial charge < -0.3 is 5.11 Å². The number of aromatic nitrogens is 1. The predicted molar refractivity (Wildman–Crippen MR) is 65.4 cm³/mol. The zero-order valence-electron chi connectivity index (χ0n) is 10.8. The predicted octanol–water partition coefficient (Wildman–Crippen LogP) is 3.79. The van der Waals surface area contributed by atoms with Crippen LogP contribution in [-0.4, -0.2) is 16.3 Å². The van der Waals surface area contributed by atoms with Gasteiger partial charge in [0.05, 0.1) is 12.0 Å². The molecule has 0 aliphatic heterocycles. The number of aryl methyl sites for hydroxylation is 1. The number of alkyl halides is 3. The molecule has 1 aliphatic carbocycles. The van der Waals surface area contributed by atoms with Crippen LogP contribution in [0.5, 0.6) is 0 Å². The first kappa shape index (κ1) is 14.3. The minimum atomic E-state index is -4.23. The van der Waals surface area contributed by atoms with Gasteiger partial charge in [-0.15, -0.1) is 0 Å². The fourth-order valence-corrected chi connectivity index (χ4v) is 2.93. The van der Waals surface area contributed by atoms with Crippen molar-refractivity contribution in [2.24, 2.45) is 11.8 Å². The van der Waals surface area contributed by atoms with Crippen molar-refractivity contribution >= 4 is 0 Å². The summed E-state index contributed by atoms with van der Waals surface area (Å²) < 4.78 is 39.1. The maximum absolute atomic E-state index is 13.0. The van der Waals surface area contributed by atoms with Crippen LogP contribution in [0.3, 0.4) is 0 Å². The summed E-state index contributed by atoms with van der Waals surface area (Å²) in [5.74, 6) is -2.16. The molecule has 19 heavy (non-hydrogen) atoms. The Hall–Kier alpha value is -1.10. The third kappa shape index (κ3) is 3.26. The molecule has 0 radical (unpaired) electrons. The molecule has 1 fully saturated rings. The molecule has 1 aromatic rings. The van der Waals surface area contributed by atoms with E-state index in [-0.39, 0.29) is 6.42 Å². The first-order valence-corrected chi connectivity index (χ1v) is 6.56. The quantitative estimate of drug-likeness (QED) is 0.889. The van der Waals surface area contributed by atoms with Crippen LogP contribution < -0.4 is 0 Å². The minimum Gasteiger partial charge on any atom is -0.388 e. The Morgan fingerprint density at radius 2 is 1.95 bits per heavy atom. The number of halogens is 3. The maximum Gasteiger partial charge on any atom is 0.392 e. The lowest BCUT2D eigenvalue weighted by Gasteiger charge is -2.36. The average molecular weight is 273 g/mol. The van der Waals surface area contributed by atoms with Gasteiger partial charge in [-0.2, -0.15) is 13.2 Å². The molecule has 5 heteroatoms. The third-order valence-corrected chi connectivity index (χ3v) is 3.88. The zero-order chi connectivity index (χ0) is 14.0. The lowest BCUT2D eigenvalue weighted by molar-refractivity contribution is -0.207. The minimum absolute atomic E-state index is 0.116. The standard InChI is InChI=1S/C14H18F3NO/c1-9-6-10(8-18-7-9)13(19)11-4-2-3-5-12(11)14(15,16)17/h6-8,11-13,19H,2-5H2,1H3. The zero-order valence-corrected chi connectivity index (χ0v) is 10.8. The molecule has 2 nitrogen and oxygen atoms in total. The lowest BCUT2D eigenvalue weighted by atomic mass is 9.74. The lowest BCUT2D eigenvalue weighted by Crippen LogP contribution is -2.36. The van der Waals surface area contributed by atoms with Crippen LogP contribution in [0, 0.1) is 18.8 Å². The smallest absolute Gasteiger partial charge is 0.388 e. The van der Waals surface area contributed by atoms with Crippen molar-refractivity contribution in [3.05, 3.63) is 29.6 Å². The Balaban J connectivity index is 2.22. The van der Waals surface area contributed by atoms with Gasteiger partial charge in [-0.05, 0) is 30.9 Å². The van der Waals surface area contributed by atoms with Gasteiger partial charge in [-0.3, -0.25) is 4.98 Å². The molecule has 1 N–H and O–H groups in total. The highest BCUT2D eigenvalue weighted by Crippen LogP contribution is 2.46. The summed E-state index contributed by atoms with van der Waals surface area (Å²) in [5.41, 5.74) is 1.33. The number of pyridine rings is 1. The van der Waals surface area contributed by atoms with Gasteiger partial charge in [-0.25, -0.2) is 0 Å². The van der Waals surface area contributed by atoms with E-state index in [0.29, 0.717) is 18.4 Å². The van der Waals surface area contributed by atoms with E-state index < -0.39 is 24.1 Å². The normalized spacial score (nSPS) is 26.2. The van der Waals surface area contributed by atoms with E-state index in [1.54, 1.807) is 12.3 Å². The van der Waals surface area contributed by atoms with Crippen molar-refractivity contribution in [1.29, 1.82) is 0 Å². The number of hydrogen-bond acceptors (Lipinski definition) is 2. The Morgan fingerprint density at radius 3 is 2.58 bits per heavy atom. The van der Waals surface area contributed by atoms with E-state index in [1.165, 1.54) is 6.20 Å². The van der Waals surface area contributed by atoms with Crippen LogP contribution in [0.1, 0.15) is 42.9 Å². The molecule has 1 saturated carbocycles. The van der Waals surface area contributed by atoms with E-state index in [9.17, 15) is 18.3 Å². The summed E-state index contributed by atoms with van der Waals surface area (Å²) in [6.45, 7) is 1.81. The van der Waals surface area contributed by atoms with Crippen LogP contribution >= 0.6 is 0 Å². The Bertz CT molecular complexity index is 433. The van der Waals surface area contributed by atoms with Gasteiger partial charge in [0.2, 0.25) is 0 Å². The molecule has 1 heterocycles. The monoisotopic (exact) mass is 273 g/mol. The van der Waals surface area contributed by atoms with Gasteiger partial charge in [0.25, 0.3) is 0 Å². The molecule has 3 unspecified atom stereocenters. The van der Waals surface area contributed by atoms with Crippen LogP contribution in [0.15, 0.2) is 18.5 Å². The van der Waals surface area contributed by atoms with E-state index in [1.807, 2.05) is 6.92 Å². The van der Waals surface area contributed by atoms with Crippen LogP contribution in [0.25, 0.3) is 0 Å². The molecular formula is C14H18F3NO. The molecular weight excluding hydrogens is 255 g/mol. The molecule has 1 aromatic heterocycles. The van der Waals surface area contributed by atoms with Crippen LogP contribution in [0.4, 0.5) is 13.2 Å². The van der Waals surface area contributed by atoms with Gasteiger partial charge in [0.1, 0.15) is 0 Å². The van der Waals surface area contributed by atoms with E-state index in [0.717, 1.165) is 12.0 Å². The van der Waals surface area contributed by atoms with Crippen molar-refractivity contribution in [2.45, 2.75) is 44.9 Å². The van der Waals surface area contributed by atoms with Crippen molar-refractivity contribution in [1.82, 2.24) is 4.98 Å². The first-order chi connectivity index (χ1) is 8.89. The number of rotatable bonds is 2. The fraction of sp³-hybridized carbons (Fsp3) is 0.643. The highest BCUT2D eigenvalue weighted by atomic mass is 19.4. The van der Waals surface area contributed by atoms with Crippen LogP contribution in [0.2, 0.25) is 0 Å². The first-order valence-electron chi connectivity index (χ1n) is 6.56. The second-order valence-electron chi connectivity index (χ2n) is 5.34. The Labute approximate surface area is 110 Å². The number of aliphatic hydroxyl groups is 1. The topological polar surface area (TPSA) is 33.1 Å². The van der Waals surface area contributed by atoms with Crippen LogP contribution in [-0.2, 0) is 0 Å². The summed E-state index contributed by atoms with van der Waals surface area (Å²) in [4.78, 5) is 3.95. The van der Waals surface area contributed by atoms with Crippen molar-refractivity contribution in [3.8, 4) is 0 Å². The molecule has 106 valence electrons. The number of nitrogens with zero attached hydrogens (tertiary/aromatic N) is 1. The molecule has 0 aromatic carbocycles. The Kier molecular flexibility index (Phi) is 4.13. The largest absolute Gasteiger partial charge is 0.392 e. The van der Waals surface area contributed by atoms with Crippen molar-refractivity contribution in [3.63, 3.8) is 0 Å². The molecule has 2 rings (SSSR count). The summed E-state index contributed by atoms with van der Waals surface area (Å²) in [5, 5.41) is 10.3. The number of hydrogen-bond donors (Lipinski definition) is 1. The van der Waals surface area contributed by atoms with Gasteiger partial charge in [-0.1, -0.05) is 18.9 Å². The molecule has 0 amide bonds. The van der Waals surface area contributed by atoms with E-state index in [4.69, 9.17) is 0 Å². The number of aliphatic hydroxyl groups excluding tert-OH is 1. The Morgan fingerprint density at radius 1 is 1.26 bits per heavy atom. The molecule has 0 saturated heterocycles. The molecule has 0 spiro atoms. The second-order valence-corrected chi connectivity index (χ2v) is 5.34. The second kappa shape index (κ2) is 5.49. The maximum atomic E-state index is 13.0. The summed E-state index contributed by atoms with van der Waals surface area (Å²) in [6.07, 6.45) is -0.377. The van der Waals surface area contributed by atoms with Crippen molar-refractivity contribution < 1.29 is 18.3 Å². The SMILES string of the molecule is Cc1cncc(C(O)C2CCCCC2C(F)(F)F)c1. The summed E-state index contributed by atoms with van der Waals surface area (Å²) in [7, 11) is 0. The highest BCUT2D eigenvalue weighted by molar-refractivity contribution is 5.20. The van der Waals surface area contributed by atoms with E-state index >= 15 is 0 Å². The highest BCUT2D eigenvalue weighted by Gasteiger charge is 2.47. The van der Waals surface area contributed by atoms with Crippen molar-refractivity contribution in [2.75, 3.05) is 0 Å². The fourth-order valence-electron chi connectivity index (χ4n) is 2.93. The van der Waals surface area contributed by atoms with Gasteiger partial charge in [0.15, 0.2) is 0 Å². The average Bonchev–Trinajstić information content (AvgIpc) is 2.37. The van der Waals surface area contributed by atoms with E-state index in [2.05, 4.69) is 4.98 Å². The third-order valence-electron chi connectivity index (χ3n) is 3.88.